The molecule has 4 nitrogen and oxygen atoms in total. The molecule has 0 aromatic heterocycles. The van der Waals surface area contributed by atoms with E-state index in [0.29, 0.717) is 0 Å². The Bertz CT molecular complexity index is 194. The Hall–Kier alpha value is -0.900. The highest BCUT2D eigenvalue weighted by Gasteiger charge is 2.16. The Labute approximate surface area is 78.4 Å². The standard InChI is InChI=1S/C9H17NO3/c1-9(2,3)13-8(12)5-4-7(11)6-10/h4-6,10H2,1-3H3. The van der Waals surface area contributed by atoms with E-state index in [4.69, 9.17) is 10.5 Å². The summed E-state index contributed by atoms with van der Waals surface area (Å²) in [4.78, 5) is 21.8. The maximum Gasteiger partial charge on any atom is 0.306 e. The number of Topliss-reactive ketones (excluding diaryl/α,β-unsaturated/α-hetero) is 1. The highest BCUT2D eigenvalue weighted by Crippen LogP contribution is 2.08. The predicted molar refractivity (Wildman–Crippen MR) is 49.1 cm³/mol. The van der Waals surface area contributed by atoms with E-state index in [1.165, 1.54) is 0 Å². The summed E-state index contributed by atoms with van der Waals surface area (Å²) in [7, 11) is 0. The number of hydrogen-bond donors (Lipinski definition) is 1. The van der Waals surface area contributed by atoms with Gasteiger partial charge in [0.15, 0.2) is 0 Å². The van der Waals surface area contributed by atoms with Crippen molar-refractivity contribution >= 4 is 11.8 Å². The third kappa shape index (κ3) is 7.46. The number of ether oxygens (including phenoxy) is 1. The first-order valence-electron chi connectivity index (χ1n) is 4.29. The van der Waals surface area contributed by atoms with E-state index < -0.39 is 5.60 Å². The first kappa shape index (κ1) is 12.1. The summed E-state index contributed by atoms with van der Waals surface area (Å²) in [5, 5.41) is 0. The Kier molecular flexibility index (Phi) is 4.62. The lowest BCUT2D eigenvalue weighted by molar-refractivity contribution is -0.155. The average molecular weight is 187 g/mol. The van der Waals surface area contributed by atoms with Gasteiger partial charge in [-0.1, -0.05) is 0 Å². The van der Waals surface area contributed by atoms with Crippen LogP contribution in [-0.4, -0.2) is 23.9 Å². The molecule has 4 heteroatoms. The van der Waals surface area contributed by atoms with Crippen LogP contribution in [-0.2, 0) is 14.3 Å². The average Bonchev–Trinajstić information content (AvgIpc) is 1.97. The van der Waals surface area contributed by atoms with Crippen LogP contribution in [0, 0.1) is 0 Å². The fourth-order valence-corrected chi connectivity index (χ4v) is 0.736. The number of nitrogens with two attached hydrogens (primary N) is 1. The number of carbonyl (C=O) groups is 2. The Morgan fingerprint density at radius 2 is 1.77 bits per heavy atom. The number of ketones is 1. The van der Waals surface area contributed by atoms with E-state index in [-0.39, 0.29) is 31.1 Å². The van der Waals surface area contributed by atoms with Crippen molar-refractivity contribution in [2.24, 2.45) is 5.73 Å². The van der Waals surface area contributed by atoms with E-state index in [1.54, 1.807) is 20.8 Å². The SMILES string of the molecule is CC(C)(C)OC(=O)CCC(=O)CN. The number of rotatable bonds is 4. The second-order valence-electron chi connectivity index (χ2n) is 3.83. The monoisotopic (exact) mass is 187 g/mol. The van der Waals surface area contributed by atoms with E-state index in [2.05, 4.69) is 0 Å². The maximum absolute atomic E-state index is 11.1. The third-order valence-corrected chi connectivity index (χ3v) is 1.26. The van der Waals surface area contributed by atoms with Gasteiger partial charge < -0.3 is 10.5 Å². The number of esters is 1. The molecule has 13 heavy (non-hydrogen) atoms. The molecule has 0 aromatic carbocycles. The first-order chi connectivity index (χ1) is 5.85. The molecule has 0 heterocycles. The quantitative estimate of drug-likeness (QED) is 0.655. The smallest absolute Gasteiger partial charge is 0.306 e. The molecule has 0 aliphatic carbocycles. The van der Waals surface area contributed by atoms with Gasteiger partial charge in [0.2, 0.25) is 0 Å². The van der Waals surface area contributed by atoms with Crippen molar-refractivity contribution in [3.63, 3.8) is 0 Å². The van der Waals surface area contributed by atoms with Crippen molar-refractivity contribution in [3.05, 3.63) is 0 Å². The Morgan fingerprint density at radius 3 is 2.15 bits per heavy atom. The molecule has 0 radical (unpaired) electrons. The van der Waals surface area contributed by atoms with Crippen LogP contribution in [0.3, 0.4) is 0 Å². The molecule has 0 bridgehead atoms. The summed E-state index contributed by atoms with van der Waals surface area (Å²) in [6.07, 6.45) is 0.290. The molecule has 0 aromatic rings. The van der Waals surface area contributed by atoms with E-state index in [1.807, 2.05) is 0 Å². The lowest BCUT2D eigenvalue weighted by Gasteiger charge is -2.19. The number of carbonyl (C=O) groups excluding carboxylic acids is 2. The molecule has 0 saturated carbocycles. The maximum atomic E-state index is 11.1. The van der Waals surface area contributed by atoms with Crippen LogP contribution in [0.5, 0.6) is 0 Å². The third-order valence-electron chi connectivity index (χ3n) is 1.26. The molecule has 0 atom stereocenters. The van der Waals surface area contributed by atoms with Crippen LogP contribution >= 0.6 is 0 Å². The lowest BCUT2D eigenvalue weighted by Crippen LogP contribution is -2.24. The second-order valence-corrected chi connectivity index (χ2v) is 3.83. The lowest BCUT2D eigenvalue weighted by atomic mass is 10.2. The zero-order chi connectivity index (χ0) is 10.5. The van der Waals surface area contributed by atoms with Gasteiger partial charge >= 0.3 is 5.97 Å². The van der Waals surface area contributed by atoms with Gasteiger partial charge in [0, 0.05) is 6.42 Å². The molecular formula is C9H17NO3. The van der Waals surface area contributed by atoms with E-state index in [9.17, 15) is 9.59 Å². The Morgan fingerprint density at radius 1 is 1.23 bits per heavy atom. The summed E-state index contributed by atoms with van der Waals surface area (Å²) >= 11 is 0. The molecule has 0 aliphatic heterocycles. The van der Waals surface area contributed by atoms with Crippen LogP contribution < -0.4 is 5.73 Å². The van der Waals surface area contributed by atoms with Crippen molar-refractivity contribution in [1.82, 2.24) is 0 Å². The van der Waals surface area contributed by atoms with Crippen LogP contribution in [0.2, 0.25) is 0 Å². The molecular weight excluding hydrogens is 170 g/mol. The van der Waals surface area contributed by atoms with E-state index >= 15 is 0 Å². The minimum atomic E-state index is -0.483. The minimum Gasteiger partial charge on any atom is -0.460 e. The van der Waals surface area contributed by atoms with Crippen molar-refractivity contribution in [3.8, 4) is 0 Å². The van der Waals surface area contributed by atoms with Gasteiger partial charge in [-0.3, -0.25) is 9.59 Å². The van der Waals surface area contributed by atoms with Gasteiger partial charge in [-0.15, -0.1) is 0 Å². The van der Waals surface area contributed by atoms with Gasteiger partial charge in [0.25, 0.3) is 0 Å². The van der Waals surface area contributed by atoms with Crippen molar-refractivity contribution in [1.29, 1.82) is 0 Å². The second kappa shape index (κ2) is 4.97. The molecule has 0 spiro atoms. The van der Waals surface area contributed by atoms with Crippen LogP contribution in [0.25, 0.3) is 0 Å². The van der Waals surface area contributed by atoms with E-state index in [0.717, 1.165) is 0 Å². The Balaban J connectivity index is 3.71. The predicted octanol–water partition coefficient (Wildman–Crippen LogP) is 0.636. The molecule has 0 saturated heterocycles. The number of hydrogen-bond acceptors (Lipinski definition) is 4. The van der Waals surface area contributed by atoms with Gasteiger partial charge in [-0.2, -0.15) is 0 Å². The normalized spacial score (nSPS) is 11.1. The van der Waals surface area contributed by atoms with Crippen LogP contribution in [0.15, 0.2) is 0 Å². The van der Waals surface area contributed by atoms with Gasteiger partial charge in [0.05, 0.1) is 13.0 Å². The minimum absolute atomic E-state index is 0.0111. The van der Waals surface area contributed by atoms with Crippen LogP contribution in [0.1, 0.15) is 33.6 Å². The van der Waals surface area contributed by atoms with Crippen molar-refractivity contribution < 1.29 is 14.3 Å². The van der Waals surface area contributed by atoms with Crippen molar-refractivity contribution in [2.75, 3.05) is 6.54 Å². The van der Waals surface area contributed by atoms with Crippen molar-refractivity contribution in [2.45, 2.75) is 39.2 Å². The summed E-state index contributed by atoms with van der Waals surface area (Å²) in [6, 6.07) is 0. The first-order valence-corrected chi connectivity index (χ1v) is 4.29. The topological polar surface area (TPSA) is 69.4 Å². The zero-order valence-electron chi connectivity index (χ0n) is 8.42. The van der Waals surface area contributed by atoms with Gasteiger partial charge in [-0.25, -0.2) is 0 Å². The highest BCUT2D eigenvalue weighted by molar-refractivity contribution is 5.84. The molecule has 0 rings (SSSR count). The molecule has 0 unspecified atom stereocenters. The summed E-state index contributed by atoms with van der Waals surface area (Å²) < 4.78 is 5.00. The fourth-order valence-electron chi connectivity index (χ4n) is 0.736. The molecule has 76 valence electrons. The summed E-state index contributed by atoms with van der Waals surface area (Å²) in [6.45, 7) is 5.35. The zero-order valence-corrected chi connectivity index (χ0v) is 8.42. The highest BCUT2D eigenvalue weighted by atomic mass is 16.6. The van der Waals surface area contributed by atoms with Crippen LogP contribution in [0.4, 0.5) is 0 Å². The van der Waals surface area contributed by atoms with Gasteiger partial charge in [0.1, 0.15) is 11.4 Å². The molecule has 0 amide bonds. The molecule has 2 N–H and O–H groups in total. The largest absolute Gasteiger partial charge is 0.460 e. The summed E-state index contributed by atoms with van der Waals surface area (Å²) in [5.74, 6) is -0.472. The summed E-state index contributed by atoms with van der Waals surface area (Å²) in [5.41, 5.74) is 4.60. The molecule has 0 fully saturated rings. The fraction of sp³-hybridized carbons (Fsp3) is 0.778. The molecule has 0 aliphatic rings. The van der Waals surface area contributed by atoms with Gasteiger partial charge in [-0.05, 0) is 20.8 Å².